The SMILES string of the molecule is Cc1c(C#N)c(N)nc(Nc2ccccc2)c1/N=N/c1cccc2c1C(=O)c1c(O)cccc1C2=O. The molecular formula is C27H18N6O3. The third-order valence-corrected chi connectivity index (χ3v) is 5.88. The van der Waals surface area contributed by atoms with Crippen molar-refractivity contribution in [3.8, 4) is 11.8 Å². The quantitative estimate of drug-likeness (QED) is 0.291. The topological polar surface area (TPSA) is 154 Å². The van der Waals surface area contributed by atoms with Crippen molar-refractivity contribution < 1.29 is 14.7 Å². The van der Waals surface area contributed by atoms with Crippen molar-refractivity contribution in [2.45, 2.75) is 6.92 Å². The Morgan fingerprint density at radius 1 is 0.917 bits per heavy atom. The molecule has 0 bridgehead atoms. The maximum Gasteiger partial charge on any atom is 0.200 e. The summed E-state index contributed by atoms with van der Waals surface area (Å²) in [5, 5.41) is 31.6. The number of benzene rings is 3. The molecule has 3 aromatic carbocycles. The lowest BCUT2D eigenvalue weighted by atomic mass is 9.83. The lowest BCUT2D eigenvalue weighted by Gasteiger charge is -2.19. The van der Waals surface area contributed by atoms with Crippen LogP contribution in [-0.2, 0) is 0 Å². The molecule has 4 aromatic rings. The summed E-state index contributed by atoms with van der Waals surface area (Å²) in [7, 11) is 0. The van der Waals surface area contributed by atoms with Gasteiger partial charge in [0, 0.05) is 22.4 Å². The number of pyridine rings is 1. The summed E-state index contributed by atoms with van der Waals surface area (Å²) < 4.78 is 0. The van der Waals surface area contributed by atoms with Crippen molar-refractivity contribution >= 4 is 40.3 Å². The number of rotatable bonds is 4. The number of azo groups is 1. The Balaban J connectivity index is 1.64. The molecule has 0 saturated heterocycles. The number of carbonyl (C=O) groups excluding carboxylic acids is 2. The largest absolute Gasteiger partial charge is 0.507 e. The molecule has 9 heteroatoms. The number of aromatic nitrogens is 1. The molecular weight excluding hydrogens is 456 g/mol. The van der Waals surface area contributed by atoms with Crippen LogP contribution in [0.2, 0.25) is 0 Å². The Hall–Kier alpha value is -5.36. The van der Waals surface area contributed by atoms with Crippen LogP contribution >= 0.6 is 0 Å². The van der Waals surface area contributed by atoms with Gasteiger partial charge in [-0.3, -0.25) is 9.59 Å². The first-order chi connectivity index (χ1) is 17.4. The van der Waals surface area contributed by atoms with E-state index in [-0.39, 0.29) is 56.6 Å². The number of hydrogen-bond acceptors (Lipinski definition) is 9. The number of nitrogens with zero attached hydrogens (tertiary/aromatic N) is 4. The van der Waals surface area contributed by atoms with Crippen molar-refractivity contribution in [3.63, 3.8) is 0 Å². The molecule has 0 fully saturated rings. The minimum Gasteiger partial charge on any atom is -0.507 e. The number of fused-ring (bicyclic) bond motifs is 2. The van der Waals surface area contributed by atoms with Crippen molar-refractivity contribution in [2.24, 2.45) is 10.2 Å². The van der Waals surface area contributed by atoms with E-state index in [1.54, 1.807) is 19.1 Å². The third kappa shape index (κ3) is 3.63. The summed E-state index contributed by atoms with van der Waals surface area (Å²) >= 11 is 0. The highest BCUT2D eigenvalue weighted by Gasteiger charge is 2.33. The zero-order valence-corrected chi connectivity index (χ0v) is 19.0. The zero-order chi connectivity index (χ0) is 25.4. The van der Waals surface area contributed by atoms with Crippen LogP contribution in [0.4, 0.5) is 28.7 Å². The molecule has 1 heterocycles. The fraction of sp³-hybridized carbons (Fsp3) is 0.0370. The number of aromatic hydroxyl groups is 1. The number of nitriles is 1. The summed E-state index contributed by atoms with van der Waals surface area (Å²) in [6.07, 6.45) is 0. The average Bonchev–Trinajstić information content (AvgIpc) is 2.87. The van der Waals surface area contributed by atoms with Crippen LogP contribution in [0.3, 0.4) is 0 Å². The highest BCUT2D eigenvalue weighted by atomic mass is 16.3. The molecule has 1 aliphatic rings. The van der Waals surface area contributed by atoms with E-state index in [1.807, 2.05) is 36.4 Å². The number of nitrogen functional groups attached to an aromatic ring is 1. The molecule has 0 atom stereocenters. The van der Waals surface area contributed by atoms with Gasteiger partial charge >= 0.3 is 0 Å². The maximum atomic E-state index is 13.3. The molecule has 174 valence electrons. The second kappa shape index (κ2) is 8.77. The zero-order valence-electron chi connectivity index (χ0n) is 19.0. The minimum atomic E-state index is -0.528. The van der Waals surface area contributed by atoms with E-state index < -0.39 is 11.6 Å². The third-order valence-electron chi connectivity index (χ3n) is 5.88. The Morgan fingerprint density at radius 2 is 1.61 bits per heavy atom. The molecule has 0 unspecified atom stereocenters. The summed E-state index contributed by atoms with van der Waals surface area (Å²) in [4.78, 5) is 30.7. The first-order valence-corrected chi connectivity index (χ1v) is 10.9. The standard InChI is InChI=1S/C27H18N6O3/c1-14-18(13-28)26(29)31-27(30-15-7-3-2-4-8-15)23(14)33-32-19-11-5-9-16-21(19)25(36)22-17(24(16)35)10-6-12-20(22)34/h2-12,34H,1H3,(H3,29,30,31)/b33-32+. The highest BCUT2D eigenvalue weighted by molar-refractivity contribution is 6.30. The van der Waals surface area contributed by atoms with E-state index >= 15 is 0 Å². The normalized spacial score (nSPS) is 12.2. The minimum absolute atomic E-state index is 0.0392. The number of carbonyl (C=O) groups is 2. The predicted molar refractivity (Wildman–Crippen MR) is 133 cm³/mol. The van der Waals surface area contributed by atoms with E-state index in [1.165, 1.54) is 24.3 Å². The monoisotopic (exact) mass is 474 g/mol. The van der Waals surface area contributed by atoms with Crippen LogP contribution in [0.1, 0.15) is 43.0 Å². The first-order valence-electron chi connectivity index (χ1n) is 10.9. The number of phenolic OH excluding ortho intramolecular Hbond substituents is 1. The fourth-order valence-corrected chi connectivity index (χ4v) is 4.12. The van der Waals surface area contributed by atoms with Crippen LogP contribution < -0.4 is 11.1 Å². The van der Waals surface area contributed by atoms with Gasteiger partial charge in [0.15, 0.2) is 17.4 Å². The van der Waals surface area contributed by atoms with Crippen LogP contribution in [-0.4, -0.2) is 21.7 Å². The number of phenols is 1. The Morgan fingerprint density at radius 3 is 2.33 bits per heavy atom. The van der Waals surface area contributed by atoms with E-state index in [2.05, 4.69) is 20.5 Å². The summed E-state index contributed by atoms with van der Waals surface area (Å²) in [5.74, 6) is -0.892. The van der Waals surface area contributed by atoms with Crippen molar-refractivity contribution in [1.82, 2.24) is 4.98 Å². The van der Waals surface area contributed by atoms with Gasteiger partial charge in [-0.15, -0.1) is 10.2 Å². The molecule has 5 rings (SSSR count). The van der Waals surface area contributed by atoms with E-state index in [0.29, 0.717) is 5.56 Å². The van der Waals surface area contributed by atoms with Gasteiger partial charge in [0.05, 0.1) is 22.4 Å². The van der Waals surface area contributed by atoms with Gasteiger partial charge in [0.1, 0.15) is 23.3 Å². The van der Waals surface area contributed by atoms with Gasteiger partial charge in [-0.1, -0.05) is 42.5 Å². The number of para-hydroxylation sites is 1. The fourth-order valence-electron chi connectivity index (χ4n) is 4.12. The molecule has 0 spiro atoms. The van der Waals surface area contributed by atoms with E-state index in [0.717, 1.165) is 5.69 Å². The number of ketones is 2. The summed E-state index contributed by atoms with van der Waals surface area (Å²) in [6.45, 7) is 1.67. The number of nitrogens with two attached hydrogens (primary N) is 1. The van der Waals surface area contributed by atoms with Crippen LogP contribution in [0, 0.1) is 18.3 Å². The molecule has 0 radical (unpaired) electrons. The van der Waals surface area contributed by atoms with Gasteiger partial charge in [0.2, 0.25) is 0 Å². The molecule has 0 saturated carbocycles. The second-order valence-corrected chi connectivity index (χ2v) is 8.05. The Kier molecular flexibility index (Phi) is 5.47. The molecule has 4 N–H and O–H groups in total. The Labute approximate surface area is 205 Å². The molecule has 1 aliphatic carbocycles. The van der Waals surface area contributed by atoms with Crippen molar-refractivity contribution in [2.75, 3.05) is 11.1 Å². The molecule has 0 aliphatic heterocycles. The lowest BCUT2D eigenvalue weighted by molar-refractivity contribution is 0.0977. The van der Waals surface area contributed by atoms with E-state index in [4.69, 9.17) is 5.73 Å². The Bertz CT molecular complexity index is 1640. The molecule has 1 aromatic heterocycles. The first kappa shape index (κ1) is 22.4. The molecule has 0 amide bonds. The number of anilines is 3. The predicted octanol–water partition coefficient (Wildman–Crippen LogP) is 5.48. The maximum absolute atomic E-state index is 13.3. The van der Waals surface area contributed by atoms with Crippen LogP contribution in [0.25, 0.3) is 0 Å². The van der Waals surface area contributed by atoms with Gasteiger partial charge in [-0.2, -0.15) is 5.26 Å². The molecule has 9 nitrogen and oxygen atoms in total. The van der Waals surface area contributed by atoms with Gasteiger partial charge in [-0.25, -0.2) is 4.98 Å². The second-order valence-electron chi connectivity index (χ2n) is 8.05. The van der Waals surface area contributed by atoms with Crippen molar-refractivity contribution in [1.29, 1.82) is 5.26 Å². The van der Waals surface area contributed by atoms with Gasteiger partial charge < -0.3 is 16.2 Å². The molecule has 36 heavy (non-hydrogen) atoms. The smallest absolute Gasteiger partial charge is 0.200 e. The number of hydrogen-bond donors (Lipinski definition) is 3. The van der Waals surface area contributed by atoms with Crippen LogP contribution in [0.5, 0.6) is 5.75 Å². The van der Waals surface area contributed by atoms with Crippen molar-refractivity contribution in [3.05, 3.63) is 100 Å². The summed E-state index contributed by atoms with van der Waals surface area (Å²) in [5.41, 5.74) is 7.98. The highest BCUT2D eigenvalue weighted by Crippen LogP contribution is 2.39. The average molecular weight is 474 g/mol. The number of nitrogens with one attached hydrogen (secondary N) is 1. The summed E-state index contributed by atoms with van der Waals surface area (Å²) in [6, 6.07) is 20.3. The lowest BCUT2D eigenvalue weighted by Crippen LogP contribution is -2.21. The van der Waals surface area contributed by atoms with Gasteiger partial charge in [0.25, 0.3) is 0 Å². The van der Waals surface area contributed by atoms with Gasteiger partial charge in [-0.05, 0) is 31.2 Å². The van der Waals surface area contributed by atoms with Crippen LogP contribution in [0.15, 0.2) is 77.0 Å². The van der Waals surface area contributed by atoms with E-state index in [9.17, 15) is 20.0 Å².